The predicted molar refractivity (Wildman–Crippen MR) is 120 cm³/mol. The number of nitrogens with two attached hydrogens (primary N) is 1. The van der Waals surface area contributed by atoms with Gasteiger partial charge in [-0.15, -0.1) is 6.58 Å². The minimum atomic E-state index is -0.585. The van der Waals surface area contributed by atoms with Gasteiger partial charge in [-0.05, 0) is 50.1 Å². The number of nitrogens with one attached hydrogen (secondary N) is 2. The van der Waals surface area contributed by atoms with Gasteiger partial charge in [0.15, 0.2) is 5.78 Å². The summed E-state index contributed by atoms with van der Waals surface area (Å²) in [6, 6.07) is 15.5. The summed E-state index contributed by atoms with van der Waals surface area (Å²) in [5.74, 6) is -0.506. The van der Waals surface area contributed by atoms with Crippen molar-refractivity contribution >= 4 is 34.0 Å². The van der Waals surface area contributed by atoms with E-state index in [9.17, 15) is 9.59 Å². The molecule has 0 saturated heterocycles. The van der Waals surface area contributed by atoms with E-state index < -0.39 is 6.04 Å². The molecule has 6 heteroatoms. The highest BCUT2D eigenvalue weighted by atomic mass is 16.2. The Kier molecular flexibility index (Phi) is 6.37. The average Bonchev–Trinajstić information content (AvgIpc) is 2.75. The number of hydrogen-bond donors (Lipinski definition) is 3. The second-order valence-corrected chi connectivity index (χ2v) is 7.07. The number of pyridine rings is 1. The molecule has 0 radical (unpaired) electrons. The van der Waals surface area contributed by atoms with E-state index in [2.05, 4.69) is 16.9 Å². The molecular weight excluding hydrogens is 376 g/mol. The molecule has 0 saturated carbocycles. The first-order chi connectivity index (χ1) is 14.4. The van der Waals surface area contributed by atoms with E-state index in [-0.39, 0.29) is 17.4 Å². The zero-order valence-electron chi connectivity index (χ0n) is 16.8. The molecule has 6 nitrogen and oxygen atoms in total. The van der Waals surface area contributed by atoms with E-state index in [1.165, 1.54) is 6.92 Å². The van der Waals surface area contributed by atoms with Crippen LogP contribution in [-0.2, 0) is 4.79 Å². The van der Waals surface area contributed by atoms with Gasteiger partial charge in [0.2, 0.25) is 0 Å². The normalized spacial score (nSPS) is 11.6. The first-order valence-electron chi connectivity index (χ1n) is 9.67. The van der Waals surface area contributed by atoms with E-state index in [1.807, 2.05) is 30.3 Å². The van der Waals surface area contributed by atoms with Gasteiger partial charge in [-0.1, -0.05) is 30.3 Å². The molecule has 4 N–H and O–H groups in total. The Labute approximate surface area is 175 Å². The molecule has 0 aliphatic carbocycles. The van der Waals surface area contributed by atoms with Crippen molar-refractivity contribution in [3.05, 3.63) is 84.1 Å². The molecule has 0 aliphatic heterocycles. The van der Waals surface area contributed by atoms with Crippen LogP contribution in [0.1, 0.15) is 41.4 Å². The van der Waals surface area contributed by atoms with Crippen LogP contribution in [0.5, 0.6) is 0 Å². The summed E-state index contributed by atoms with van der Waals surface area (Å²) >= 11 is 0. The molecule has 2 aromatic carbocycles. The van der Waals surface area contributed by atoms with Crippen molar-refractivity contribution in [3.8, 4) is 0 Å². The summed E-state index contributed by atoms with van der Waals surface area (Å²) in [5.41, 5.74) is 8.58. The second-order valence-electron chi connectivity index (χ2n) is 7.07. The standard InChI is InChI=1S/C24H24N4O2/c1-3-4-8-20(15(2)29)28-24(30)17-10-12-19(25)18(14-17)23(26)22-13-11-16-7-5-6-9-21(16)27-22/h3,5-7,9-14,20,26H,1,4,8,25H2,2H3,(H,28,30)/t20-/m0/s1. The largest absolute Gasteiger partial charge is 0.398 e. The Bertz CT molecular complexity index is 1140. The quantitative estimate of drug-likeness (QED) is 0.303. The van der Waals surface area contributed by atoms with Gasteiger partial charge in [0.25, 0.3) is 5.91 Å². The van der Waals surface area contributed by atoms with Crippen molar-refractivity contribution in [1.82, 2.24) is 10.3 Å². The van der Waals surface area contributed by atoms with Crippen LogP contribution in [0, 0.1) is 5.41 Å². The van der Waals surface area contributed by atoms with Crippen molar-refractivity contribution in [2.24, 2.45) is 0 Å². The highest BCUT2D eigenvalue weighted by molar-refractivity contribution is 6.14. The summed E-state index contributed by atoms with van der Waals surface area (Å²) in [6.07, 6.45) is 2.82. The van der Waals surface area contributed by atoms with Crippen LogP contribution >= 0.6 is 0 Å². The molecule has 1 atom stereocenters. The van der Waals surface area contributed by atoms with Crippen molar-refractivity contribution < 1.29 is 9.59 Å². The fraction of sp³-hybridized carbons (Fsp3) is 0.167. The molecule has 0 bridgehead atoms. The highest BCUT2D eigenvalue weighted by Gasteiger charge is 2.19. The van der Waals surface area contributed by atoms with Crippen molar-refractivity contribution in [3.63, 3.8) is 0 Å². The van der Waals surface area contributed by atoms with E-state index in [0.29, 0.717) is 35.3 Å². The summed E-state index contributed by atoms with van der Waals surface area (Å²) in [6.45, 7) is 5.10. The first kappa shape index (κ1) is 20.9. The molecule has 152 valence electrons. The first-order valence-corrected chi connectivity index (χ1v) is 9.67. The highest BCUT2D eigenvalue weighted by Crippen LogP contribution is 2.20. The van der Waals surface area contributed by atoms with Gasteiger partial charge in [-0.2, -0.15) is 0 Å². The molecule has 0 aliphatic rings. The predicted octanol–water partition coefficient (Wildman–Crippen LogP) is 3.89. The number of aromatic nitrogens is 1. The number of Topliss-reactive ketones (excluding diaryl/α,β-unsaturated/α-hetero) is 1. The Morgan fingerprint density at radius 1 is 1.20 bits per heavy atom. The molecule has 3 rings (SSSR count). The molecule has 0 spiro atoms. The Morgan fingerprint density at radius 2 is 1.97 bits per heavy atom. The third-order valence-corrected chi connectivity index (χ3v) is 4.89. The lowest BCUT2D eigenvalue weighted by Crippen LogP contribution is -2.39. The van der Waals surface area contributed by atoms with E-state index >= 15 is 0 Å². The summed E-state index contributed by atoms with van der Waals surface area (Å²) in [5, 5.41) is 12.3. The Balaban J connectivity index is 1.88. The fourth-order valence-electron chi connectivity index (χ4n) is 3.16. The lowest BCUT2D eigenvalue weighted by atomic mass is 10.0. The zero-order chi connectivity index (χ0) is 21.7. The van der Waals surface area contributed by atoms with Crippen LogP contribution in [0.3, 0.4) is 0 Å². The van der Waals surface area contributed by atoms with Crippen LogP contribution in [0.25, 0.3) is 10.9 Å². The molecule has 0 unspecified atom stereocenters. The minimum Gasteiger partial charge on any atom is -0.398 e. The smallest absolute Gasteiger partial charge is 0.251 e. The summed E-state index contributed by atoms with van der Waals surface area (Å²) in [4.78, 5) is 29.1. The van der Waals surface area contributed by atoms with Crippen LogP contribution in [0.2, 0.25) is 0 Å². The Hall–Kier alpha value is -3.80. The number of nitrogen functional groups attached to an aromatic ring is 1. The SMILES string of the molecule is C=CCC[C@H](NC(=O)c1ccc(N)c(C(=N)c2ccc3ccccc3n2)c1)C(C)=O. The van der Waals surface area contributed by atoms with Gasteiger partial charge < -0.3 is 11.1 Å². The van der Waals surface area contributed by atoms with Crippen molar-refractivity contribution in [2.45, 2.75) is 25.8 Å². The number of amides is 1. The number of allylic oxidation sites excluding steroid dienone is 1. The van der Waals surface area contributed by atoms with Crippen molar-refractivity contribution in [1.29, 1.82) is 5.41 Å². The molecule has 1 heterocycles. The number of para-hydroxylation sites is 1. The van der Waals surface area contributed by atoms with Crippen molar-refractivity contribution in [2.75, 3.05) is 5.73 Å². The van der Waals surface area contributed by atoms with E-state index in [1.54, 1.807) is 30.3 Å². The lowest BCUT2D eigenvalue weighted by Gasteiger charge is -2.16. The van der Waals surface area contributed by atoms with Crippen LogP contribution in [-0.4, -0.2) is 28.4 Å². The second kappa shape index (κ2) is 9.13. The Morgan fingerprint density at radius 3 is 2.70 bits per heavy atom. The summed E-state index contributed by atoms with van der Waals surface area (Å²) in [7, 11) is 0. The maximum atomic E-state index is 12.7. The number of anilines is 1. The van der Waals surface area contributed by atoms with Gasteiger partial charge in [0.1, 0.15) is 0 Å². The van der Waals surface area contributed by atoms with Gasteiger partial charge in [-0.25, -0.2) is 4.98 Å². The average molecular weight is 400 g/mol. The van der Waals surface area contributed by atoms with Gasteiger partial charge in [0.05, 0.1) is 23.0 Å². The number of hydrogen-bond acceptors (Lipinski definition) is 5. The number of carbonyl (C=O) groups is 2. The number of ketones is 1. The topological polar surface area (TPSA) is 109 Å². The maximum Gasteiger partial charge on any atom is 0.251 e. The molecule has 1 aromatic heterocycles. The van der Waals surface area contributed by atoms with Crippen LogP contribution in [0.15, 0.2) is 67.3 Å². The van der Waals surface area contributed by atoms with Gasteiger partial charge >= 0.3 is 0 Å². The fourth-order valence-corrected chi connectivity index (χ4v) is 3.16. The molecule has 3 aromatic rings. The number of benzene rings is 2. The summed E-state index contributed by atoms with van der Waals surface area (Å²) < 4.78 is 0. The van der Waals surface area contributed by atoms with Crippen LogP contribution < -0.4 is 11.1 Å². The number of fused-ring (bicyclic) bond motifs is 1. The lowest BCUT2D eigenvalue weighted by molar-refractivity contribution is -0.118. The van der Waals surface area contributed by atoms with E-state index in [4.69, 9.17) is 11.1 Å². The van der Waals surface area contributed by atoms with Gasteiger partial charge in [0, 0.05) is 22.2 Å². The number of rotatable bonds is 8. The van der Waals surface area contributed by atoms with Crippen LogP contribution in [0.4, 0.5) is 5.69 Å². The molecule has 1 amide bonds. The monoisotopic (exact) mass is 400 g/mol. The zero-order valence-corrected chi connectivity index (χ0v) is 16.8. The third-order valence-electron chi connectivity index (χ3n) is 4.89. The number of carbonyl (C=O) groups excluding carboxylic acids is 2. The maximum absolute atomic E-state index is 12.7. The van der Waals surface area contributed by atoms with Gasteiger partial charge in [-0.3, -0.25) is 15.0 Å². The molecular formula is C24H24N4O2. The minimum absolute atomic E-state index is 0.117. The molecule has 30 heavy (non-hydrogen) atoms. The molecule has 0 fully saturated rings. The third kappa shape index (κ3) is 4.60. The number of nitrogens with zero attached hydrogens (tertiary/aromatic N) is 1. The van der Waals surface area contributed by atoms with E-state index in [0.717, 1.165) is 10.9 Å².